The van der Waals surface area contributed by atoms with Crippen molar-refractivity contribution in [1.29, 1.82) is 0 Å². The zero-order valence-electron chi connectivity index (χ0n) is 17.3. The third-order valence-corrected chi connectivity index (χ3v) is 6.23. The average molecular weight is 419 g/mol. The van der Waals surface area contributed by atoms with Gasteiger partial charge in [-0.05, 0) is 25.0 Å². The summed E-state index contributed by atoms with van der Waals surface area (Å²) in [6, 6.07) is 1.98. The molecule has 2 aliphatic heterocycles. The molecule has 3 aliphatic rings. The zero-order chi connectivity index (χ0) is 21.3. The van der Waals surface area contributed by atoms with Crippen molar-refractivity contribution in [1.82, 2.24) is 20.3 Å². The molecule has 0 amide bonds. The number of ether oxygens (including phenoxy) is 2. The van der Waals surface area contributed by atoms with Gasteiger partial charge in [-0.3, -0.25) is 9.78 Å². The second kappa shape index (κ2) is 8.11. The summed E-state index contributed by atoms with van der Waals surface area (Å²) in [6.45, 7) is 7.27. The van der Waals surface area contributed by atoms with Crippen LogP contribution in [0.2, 0.25) is 0 Å². The number of pyridine rings is 1. The van der Waals surface area contributed by atoms with Gasteiger partial charge >= 0.3 is 0 Å². The van der Waals surface area contributed by atoms with Crippen molar-refractivity contribution >= 4 is 12.1 Å². The number of aromatic nitrogens is 3. The van der Waals surface area contributed by atoms with Crippen LogP contribution in [0, 0.1) is 5.41 Å². The maximum Gasteiger partial charge on any atom is 0.188 e. The Morgan fingerprint density at radius 1 is 1.29 bits per heavy atom. The normalized spacial score (nSPS) is 19.7. The first-order chi connectivity index (χ1) is 15.2. The molecule has 0 bridgehead atoms. The molecule has 1 aliphatic carbocycles. The molecule has 1 spiro atoms. The lowest BCUT2D eigenvalue weighted by Gasteiger charge is -2.59. The highest BCUT2D eigenvalue weighted by molar-refractivity contribution is 5.67. The summed E-state index contributed by atoms with van der Waals surface area (Å²) in [6.07, 6.45) is 11.7. The van der Waals surface area contributed by atoms with Gasteiger partial charge in [-0.15, -0.1) is 0 Å². The average Bonchev–Trinajstić information content (AvgIpc) is 2.75. The minimum Gasteiger partial charge on any atom is -0.490 e. The fourth-order valence-electron chi connectivity index (χ4n) is 4.75. The number of hydrogen-bond donors (Lipinski definition) is 1. The second-order valence-corrected chi connectivity index (χ2v) is 8.39. The van der Waals surface area contributed by atoms with Crippen LogP contribution in [-0.2, 0) is 17.8 Å². The summed E-state index contributed by atoms with van der Waals surface area (Å²) in [4.78, 5) is 25.9. The van der Waals surface area contributed by atoms with E-state index in [1.165, 1.54) is 24.0 Å². The molecule has 0 aromatic carbocycles. The molecule has 2 aromatic heterocycles. The Labute approximate surface area is 181 Å². The first-order valence-electron chi connectivity index (χ1n) is 10.5. The molecule has 8 heteroatoms. The Kier molecular flexibility index (Phi) is 5.15. The van der Waals surface area contributed by atoms with Crippen molar-refractivity contribution in [2.75, 3.05) is 24.5 Å². The molecule has 5 rings (SSSR count). The molecule has 2 aromatic rings. The Hall–Kier alpha value is -3.26. The van der Waals surface area contributed by atoms with E-state index in [4.69, 9.17) is 9.47 Å². The Morgan fingerprint density at radius 3 is 2.97 bits per heavy atom. The molecule has 2 fully saturated rings. The van der Waals surface area contributed by atoms with Crippen molar-refractivity contribution in [3.05, 3.63) is 60.5 Å². The van der Waals surface area contributed by atoms with Gasteiger partial charge in [0.1, 0.15) is 30.2 Å². The number of allylic oxidation sites excluding steroid dienone is 2. The van der Waals surface area contributed by atoms with Gasteiger partial charge in [0.2, 0.25) is 0 Å². The Morgan fingerprint density at radius 2 is 2.16 bits per heavy atom. The third kappa shape index (κ3) is 3.79. The van der Waals surface area contributed by atoms with Crippen LogP contribution in [-0.4, -0.2) is 47.0 Å². The van der Waals surface area contributed by atoms with Crippen LogP contribution in [0.25, 0.3) is 0 Å². The molecule has 0 atom stereocenters. The van der Waals surface area contributed by atoms with Crippen molar-refractivity contribution in [3.63, 3.8) is 0 Å². The van der Waals surface area contributed by atoms with Crippen LogP contribution in [0.3, 0.4) is 0 Å². The van der Waals surface area contributed by atoms with Gasteiger partial charge < -0.3 is 19.7 Å². The number of rotatable bonds is 7. The van der Waals surface area contributed by atoms with E-state index in [-0.39, 0.29) is 11.5 Å². The quantitative estimate of drug-likeness (QED) is 0.316. The van der Waals surface area contributed by atoms with Crippen molar-refractivity contribution < 1.29 is 14.3 Å². The lowest BCUT2D eigenvalue weighted by atomic mass is 9.61. The highest BCUT2D eigenvalue weighted by atomic mass is 16.5. The van der Waals surface area contributed by atoms with Crippen molar-refractivity contribution in [2.45, 2.75) is 31.9 Å². The van der Waals surface area contributed by atoms with Crippen LogP contribution < -0.4 is 19.7 Å². The summed E-state index contributed by atoms with van der Waals surface area (Å²) in [5.41, 5.74) is 2.62. The van der Waals surface area contributed by atoms with E-state index in [1.807, 2.05) is 12.3 Å². The van der Waals surface area contributed by atoms with Crippen LogP contribution in [0.4, 0.5) is 5.82 Å². The number of aldehydes is 1. The minimum absolute atomic E-state index is 0.236. The largest absolute Gasteiger partial charge is 0.490 e. The van der Waals surface area contributed by atoms with Crippen LogP contribution >= 0.6 is 0 Å². The van der Waals surface area contributed by atoms with Gasteiger partial charge in [0, 0.05) is 61.5 Å². The molecule has 0 unspecified atom stereocenters. The standard InChI is InChI=1S/C23H25N5O3/c1-2-16(5-8-29)30-21-12-25-15-27-22(21)28-13-23(14-28)9-17(10-23)31-20-4-7-26-19-3-6-24-11-18(19)20/h2,4-5,7-8,12,15,17,24H,1,3,6,9-11,13-14H2/b16-5-. The first-order valence-corrected chi connectivity index (χ1v) is 10.5. The van der Waals surface area contributed by atoms with E-state index in [1.54, 1.807) is 6.20 Å². The Bertz CT molecular complexity index is 1020. The first kappa shape index (κ1) is 19.7. The maximum absolute atomic E-state index is 10.8. The number of nitrogens with zero attached hydrogens (tertiary/aromatic N) is 4. The molecular formula is C23H25N5O3. The lowest BCUT2D eigenvalue weighted by molar-refractivity contribution is -0.104. The number of carbonyl (C=O) groups excluding carboxylic acids is 1. The number of fused-ring (bicyclic) bond motifs is 1. The Balaban J connectivity index is 1.20. The van der Waals surface area contributed by atoms with Gasteiger partial charge in [0.25, 0.3) is 0 Å². The molecule has 31 heavy (non-hydrogen) atoms. The van der Waals surface area contributed by atoms with Gasteiger partial charge in [-0.1, -0.05) is 6.58 Å². The number of nitrogens with one attached hydrogen (secondary N) is 1. The molecular weight excluding hydrogens is 394 g/mol. The van der Waals surface area contributed by atoms with E-state index in [9.17, 15) is 4.79 Å². The van der Waals surface area contributed by atoms with Gasteiger partial charge in [0.15, 0.2) is 11.6 Å². The molecule has 4 heterocycles. The van der Waals surface area contributed by atoms with E-state index in [0.717, 1.165) is 62.7 Å². The zero-order valence-corrected chi connectivity index (χ0v) is 17.3. The maximum atomic E-state index is 10.8. The molecule has 1 N–H and O–H groups in total. The SMILES string of the molecule is C=C/C(=C/C=O)Oc1cncnc1N1CC2(CC(Oc3ccnc4c3CNCC4)C2)C1. The summed E-state index contributed by atoms with van der Waals surface area (Å²) in [5, 5.41) is 3.40. The number of anilines is 1. The van der Waals surface area contributed by atoms with E-state index in [2.05, 4.69) is 31.7 Å². The highest BCUT2D eigenvalue weighted by Crippen LogP contribution is 2.51. The third-order valence-electron chi connectivity index (χ3n) is 6.23. The highest BCUT2D eigenvalue weighted by Gasteiger charge is 2.54. The van der Waals surface area contributed by atoms with Gasteiger partial charge in [0.05, 0.1) is 6.20 Å². The van der Waals surface area contributed by atoms with E-state index < -0.39 is 0 Å². The van der Waals surface area contributed by atoms with Crippen LogP contribution in [0.5, 0.6) is 11.5 Å². The van der Waals surface area contributed by atoms with Crippen LogP contribution in [0.1, 0.15) is 24.1 Å². The molecule has 1 saturated heterocycles. The van der Waals surface area contributed by atoms with E-state index in [0.29, 0.717) is 17.8 Å². The second-order valence-electron chi connectivity index (χ2n) is 8.39. The monoisotopic (exact) mass is 419 g/mol. The van der Waals surface area contributed by atoms with E-state index >= 15 is 0 Å². The topological polar surface area (TPSA) is 89.5 Å². The molecule has 0 radical (unpaired) electrons. The summed E-state index contributed by atoms with van der Waals surface area (Å²) in [5.74, 6) is 2.60. The summed E-state index contributed by atoms with van der Waals surface area (Å²) in [7, 11) is 0. The summed E-state index contributed by atoms with van der Waals surface area (Å²) >= 11 is 0. The number of hydrogen-bond acceptors (Lipinski definition) is 8. The van der Waals surface area contributed by atoms with Gasteiger partial charge in [-0.25, -0.2) is 9.97 Å². The molecule has 1 saturated carbocycles. The van der Waals surface area contributed by atoms with Gasteiger partial charge in [-0.2, -0.15) is 0 Å². The molecule has 8 nitrogen and oxygen atoms in total. The van der Waals surface area contributed by atoms with Crippen molar-refractivity contribution in [3.8, 4) is 11.5 Å². The fraction of sp³-hybridized carbons (Fsp3) is 0.391. The fourth-order valence-corrected chi connectivity index (χ4v) is 4.75. The van der Waals surface area contributed by atoms with Crippen molar-refractivity contribution in [2.24, 2.45) is 5.41 Å². The predicted molar refractivity (Wildman–Crippen MR) is 115 cm³/mol. The van der Waals surface area contributed by atoms with Crippen LogP contribution in [0.15, 0.2) is 49.3 Å². The predicted octanol–water partition coefficient (Wildman–Crippen LogP) is 2.21. The summed E-state index contributed by atoms with van der Waals surface area (Å²) < 4.78 is 12.1. The minimum atomic E-state index is 0.236. The number of carbonyl (C=O) groups is 1. The lowest BCUT2D eigenvalue weighted by Crippen LogP contribution is -2.65. The smallest absolute Gasteiger partial charge is 0.188 e. The molecule has 160 valence electrons.